The number of hydrogen-bond donors (Lipinski definition) is 1. The van der Waals surface area contributed by atoms with E-state index in [9.17, 15) is 0 Å². The number of furan rings is 1. The maximum absolute atomic E-state index is 5.51. The number of nitrogens with one attached hydrogen (secondary N) is 1. The molecule has 1 N–H and O–H groups in total. The molecule has 0 aliphatic rings. The molecular formula is C15H24N4O. The van der Waals surface area contributed by atoms with E-state index in [0.717, 1.165) is 24.5 Å². The zero-order chi connectivity index (χ0) is 14.7. The first-order chi connectivity index (χ1) is 9.50. The van der Waals surface area contributed by atoms with E-state index in [1.54, 1.807) is 6.26 Å². The smallest absolute Gasteiger partial charge is 0.122 e. The molecule has 0 radical (unpaired) electrons. The van der Waals surface area contributed by atoms with E-state index in [2.05, 4.69) is 43.3 Å². The molecule has 0 aliphatic carbocycles. The van der Waals surface area contributed by atoms with Crippen molar-refractivity contribution in [3.8, 4) is 0 Å². The highest BCUT2D eigenvalue weighted by atomic mass is 16.3. The number of rotatable bonds is 6. The van der Waals surface area contributed by atoms with Crippen molar-refractivity contribution in [2.24, 2.45) is 7.05 Å². The van der Waals surface area contributed by atoms with E-state index in [1.165, 1.54) is 11.3 Å². The Labute approximate surface area is 120 Å². The van der Waals surface area contributed by atoms with Crippen LogP contribution in [0.3, 0.4) is 0 Å². The molecule has 110 valence electrons. The predicted molar refractivity (Wildman–Crippen MR) is 79.5 cm³/mol. The molecule has 0 aliphatic heterocycles. The zero-order valence-electron chi connectivity index (χ0n) is 13.0. The van der Waals surface area contributed by atoms with Crippen LogP contribution in [0, 0.1) is 13.8 Å². The van der Waals surface area contributed by atoms with Crippen LogP contribution in [-0.4, -0.2) is 35.3 Å². The van der Waals surface area contributed by atoms with E-state index in [0.29, 0.717) is 0 Å². The van der Waals surface area contributed by atoms with Gasteiger partial charge in [-0.3, -0.25) is 9.58 Å². The third-order valence-corrected chi connectivity index (χ3v) is 3.79. The molecule has 0 bridgehead atoms. The minimum absolute atomic E-state index is 0.238. The Kier molecular flexibility index (Phi) is 4.62. The van der Waals surface area contributed by atoms with E-state index >= 15 is 0 Å². The maximum Gasteiger partial charge on any atom is 0.122 e. The molecule has 1 atom stereocenters. The Balaban J connectivity index is 1.97. The third kappa shape index (κ3) is 3.11. The lowest BCUT2D eigenvalue weighted by Crippen LogP contribution is -2.30. The van der Waals surface area contributed by atoms with Gasteiger partial charge in [0.25, 0.3) is 0 Å². The lowest BCUT2D eigenvalue weighted by atomic mass is 10.1. The summed E-state index contributed by atoms with van der Waals surface area (Å²) >= 11 is 0. The Morgan fingerprint density at radius 2 is 2.15 bits per heavy atom. The van der Waals surface area contributed by atoms with Crippen molar-refractivity contribution in [1.82, 2.24) is 20.0 Å². The van der Waals surface area contributed by atoms with Crippen LogP contribution < -0.4 is 5.32 Å². The van der Waals surface area contributed by atoms with Crippen molar-refractivity contribution >= 4 is 0 Å². The standard InChI is InChI=1S/C15H24N4O/c1-11-13(12(2)19(5)17-11)9-16-10-14(18(3)4)15-7-6-8-20-15/h6-8,14,16H,9-10H2,1-5H3. The molecule has 0 aromatic carbocycles. The van der Waals surface area contributed by atoms with Gasteiger partial charge in [-0.2, -0.15) is 5.10 Å². The summed E-state index contributed by atoms with van der Waals surface area (Å²) in [4.78, 5) is 2.16. The van der Waals surface area contributed by atoms with E-state index in [4.69, 9.17) is 4.42 Å². The van der Waals surface area contributed by atoms with Crippen LogP contribution in [-0.2, 0) is 13.6 Å². The summed E-state index contributed by atoms with van der Waals surface area (Å²) in [6.07, 6.45) is 1.72. The molecule has 2 aromatic heterocycles. The van der Waals surface area contributed by atoms with Crippen LogP contribution in [0.5, 0.6) is 0 Å². The van der Waals surface area contributed by atoms with Gasteiger partial charge in [0.05, 0.1) is 18.0 Å². The SMILES string of the molecule is Cc1nn(C)c(C)c1CNCC(c1ccco1)N(C)C. The highest BCUT2D eigenvalue weighted by molar-refractivity contribution is 5.24. The van der Waals surface area contributed by atoms with E-state index < -0.39 is 0 Å². The molecule has 5 heteroatoms. The van der Waals surface area contributed by atoms with Crippen LogP contribution in [0.15, 0.2) is 22.8 Å². The third-order valence-electron chi connectivity index (χ3n) is 3.79. The largest absolute Gasteiger partial charge is 0.468 e. The Bertz CT molecular complexity index is 542. The molecule has 2 heterocycles. The fourth-order valence-corrected chi connectivity index (χ4v) is 2.43. The lowest BCUT2D eigenvalue weighted by molar-refractivity contribution is 0.250. The van der Waals surface area contributed by atoms with Gasteiger partial charge < -0.3 is 9.73 Å². The molecule has 2 aromatic rings. The highest BCUT2D eigenvalue weighted by Gasteiger charge is 2.17. The fraction of sp³-hybridized carbons (Fsp3) is 0.533. The minimum Gasteiger partial charge on any atom is -0.468 e. The average Bonchev–Trinajstić information content (AvgIpc) is 2.97. The Hall–Kier alpha value is -1.59. The number of likely N-dealkylation sites (N-methyl/N-ethyl adjacent to an activating group) is 1. The molecule has 0 spiro atoms. The monoisotopic (exact) mass is 276 g/mol. The van der Waals surface area contributed by atoms with Crippen molar-refractivity contribution in [2.75, 3.05) is 20.6 Å². The highest BCUT2D eigenvalue weighted by Crippen LogP contribution is 2.18. The first-order valence-electron chi connectivity index (χ1n) is 6.90. The van der Waals surface area contributed by atoms with Gasteiger partial charge in [-0.1, -0.05) is 0 Å². The molecule has 20 heavy (non-hydrogen) atoms. The number of aryl methyl sites for hydroxylation is 2. The van der Waals surface area contributed by atoms with Gasteiger partial charge in [0.1, 0.15) is 5.76 Å². The number of hydrogen-bond acceptors (Lipinski definition) is 4. The van der Waals surface area contributed by atoms with Crippen LogP contribution in [0.2, 0.25) is 0 Å². The minimum atomic E-state index is 0.238. The summed E-state index contributed by atoms with van der Waals surface area (Å²) < 4.78 is 7.45. The first kappa shape index (κ1) is 14.8. The van der Waals surface area contributed by atoms with Crippen LogP contribution in [0.4, 0.5) is 0 Å². The van der Waals surface area contributed by atoms with E-state index in [-0.39, 0.29) is 6.04 Å². The average molecular weight is 276 g/mol. The van der Waals surface area contributed by atoms with Crippen LogP contribution >= 0.6 is 0 Å². The van der Waals surface area contributed by atoms with Gasteiger partial charge in [-0.05, 0) is 40.1 Å². The van der Waals surface area contributed by atoms with Crippen LogP contribution in [0.25, 0.3) is 0 Å². The summed E-state index contributed by atoms with van der Waals surface area (Å²) in [7, 11) is 6.11. The van der Waals surface area contributed by atoms with Gasteiger partial charge in [-0.15, -0.1) is 0 Å². The van der Waals surface area contributed by atoms with Gasteiger partial charge in [0.15, 0.2) is 0 Å². The molecular weight excluding hydrogens is 252 g/mol. The topological polar surface area (TPSA) is 46.2 Å². The summed E-state index contributed by atoms with van der Waals surface area (Å²) in [5, 5.41) is 7.95. The maximum atomic E-state index is 5.51. The quantitative estimate of drug-likeness (QED) is 0.877. The van der Waals surface area contributed by atoms with Crippen molar-refractivity contribution in [1.29, 1.82) is 0 Å². The molecule has 2 rings (SSSR count). The summed E-state index contributed by atoms with van der Waals surface area (Å²) in [5.74, 6) is 0.988. The van der Waals surface area contributed by atoms with E-state index in [1.807, 2.05) is 23.9 Å². The van der Waals surface area contributed by atoms with Gasteiger partial charge >= 0.3 is 0 Å². The molecule has 1 unspecified atom stereocenters. The Morgan fingerprint density at radius 1 is 1.40 bits per heavy atom. The second-order valence-electron chi connectivity index (χ2n) is 5.40. The predicted octanol–water partition coefficient (Wildman–Crippen LogP) is 2.02. The van der Waals surface area contributed by atoms with Crippen molar-refractivity contribution in [2.45, 2.75) is 26.4 Å². The zero-order valence-corrected chi connectivity index (χ0v) is 13.0. The number of nitrogens with zero attached hydrogens (tertiary/aromatic N) is 3. The summed E-state index contributed by atoms with van der Waals surface area (Å²) in [6, 6.07) is 4.19. The van der Waals surface area contributed by atoms with Crippen LogP contribution in [0.1, 0.15) is 28.8 Å². The molecule has 5 nitrogen and oxygen atoms in total. The van der Waals surface area contributed by atoms with Gasteiger partial charge in [0.2, 0.25) is 0 Å². The normalized spacial score (nSPS) is 13.1. The second kappa shape index (κ2) is 6.24. The Morgan fingerprint density at radius 3 is 2.65 bits per heavy atom. The molecule has 0 amide bonds. The molecule has 0 fully saturated rings. The van der Waals surface area contributed by atoms with Crippen molar-refractivity contribution in [3.05, 3.63) is 41.1 Å². The lowest BCUT2D eigenvalue weighted by Gasteiger charge is -2.22. The van der Waals surface area contributed by atoms with Gasteiger partial charge in [-0.25, -0.2) is 0 Å². The summed E-state index contributed by atoms with van der Waals surface area (Å²) in [6.45, 7) is 5.83. The summed E-state index contributed by atoms with van der Waals surface area (Å²) in [5.41, 5.74) is 3.59. The van der Waals surface area contributed by atoms with Crippen molar-refractivity contribution < 1.29 is 4.42 Å². The number of aromatic nitrogens is 2. The van der Waals surface area contributed by atoms with Crippen molar-refractivity contribution in [3.63, 3.8) is 0 Å². The first-order valence-corrected chi connectivity index (χ1v) is 6.90. The molecule has 0 saturated heterocycles. The second-order valence-corrected chi connectivity index (χ2v) is 5.40. The fourth-order valence-electron chi connectivity index (χ4n) is 2.43. The van der Waals surface area contributed by atoms with Gasteiger partial charge in [0, 0.05) is 31.4 Å². The molecule has 0 saturated carbocycles.